The number of aromatic nitrogens is 1. The highest BCUT2D eigenvalue weighted by molar-refractivity contribution is 6.04. The van der Waals surface area contributed by atoms with Crippen molar-refractivity contribution in [3.63, 3.8) is 0 Å². The van der Waals surface area contributed by atoms with Crippen LogP contribution in [0, 0.1) is 6.92 Å². The molecule has 10 heteroatoms. The van der Waals surface area contributed by atoms with Crippen LogP contribution in [0.5, 0.6) is 11.5 Å². The van der Waals surface area contributed by atoms with E-state index in [2.05, 4.69) is 15.8 Å². The Morgan fingerprint density at radius 1 is 1.05 bits per heavy atom. The average Bonchev–Trinajstić information content (AvgIpc) is 3.29. The van der Waals surface area contributed by atoms with Gasteiger partial charge in [-0.1, -0.05) is 29.4 Å². The molecule has 0 spiro atoms. The third-order valence-electron chi connectivity index (χ3n) is 5.59. The van der Waals surface area contributed by atoms with Crippen molar-refractivity contribution in [2.75, 3.05) is 23.9 Å². The molecule has 1 atom stereocenters. The SMILES string of the molecule is CCOc1ccccc1N(C(=O)CCC(=O)Nc1cc(C)on1)[C@H](C(=O)NC(C)(C)C)c1ccc(OC)cc1. The minimum absolute atomic E-state index is 0.131. The van der Waals surface area contributed by atoms with Gasteiger partial charge in [0.05, 0.1) is 19.4 Å². The number of para-hydroxylation sites is 2. The molecule has 0 saturated heterocycles. The van der Waals surface area contributed by atoms with Crippen LogP contribution in [-0.4, -0.2) is 42.1 Å². The second kappa shape index (κ2) is 12.9. The summed E-state index contributed by atoms with van der Waals surface area (Å²) in [5.74, 6) is 0.652. The summed E-state index contributed by atoms with van der Waals surface area (Å²) in [5, 5.41) is 9.38. The molecule has 2 N–H and O–H groups in total. The first-order valence-electron chi connectivity index (χ1n) is 12.8. The fourth-order valence-electron chi connectivity index (χ4n) is 3.96. The zero-order valence-corrected chi connectivity index (χ0v) is 23.2. The Kier molecular flexibility index (Phi) is 9.70. The highest BCUT2D eigenvalue weighted by Crippen LogP contribution is 2.36. The van der Waals surface area contributed by atoms with Gasteiger partial charge in [0, 0.05) is 24.4 Å². The van der Waals surface area contributed by atoms with E-state index in [1.807, 2.05) is 27.7 Å². The van der Waals surface area contributed by atoms with Gasteiger partial charge in [-0.05, 0) is 64.4 Å². The standard InChI is InChI=1S/C29H36N4O6/c1-7-38-23-11-9-8-10-22(23)33(26(35)17-16-25(34)30-24-18-19(2)39-32-24)27(28(36)31-29(3,4)5)20-12-14-21(37-6)15-13-20/h8-15,18,27H,7,16-17H2,1-6H3,(H,31,36)(H,30,32,34)/t27-/m0/s1. The van der Waals surface area contributed by atoms with Crippen molar-refractivity contribution in [1.29, 1.82) is 0 Å². The van der Waals surface area contributed by atoms with Crippen LogP contribution in [-0.2, 0) is 14.4 Å². The lowest BCUT2D eigenvalue weighted by molar-refractivity contribution is -0.128. The van der Waals surface area contributed by atoms with Crippen LogP contribution in [0.4, 0.5) is 11.5 Å². The fourth-order valence-corrected chi connectivity index (χ4v) is 3.96. The summed E-state index contributed by atoms with van der Waals surface area (Å²) in [5.41, 5.74) is 0.424. The van der Waals surface area contributed by atoms with Crippen LogP contribution in [0.15, 0.2) is 59.1 Å². The number of nitrogens with zero attached hydrogens (tertiary/aromatic N) is 2. The molecule has 39 heavy (non-hydrogen) atoms. The summed E-state index contributed by atoms with van der Waals surface area (Å²) < 4.78 is 16.1. The summed E-state index contributed by atoms with van der Waals surface area (Å²) >= 11 is 0. The molecule has 3 rings (SSSR count). The molecule has 1 aromatic heterocycles. The molecule has 0 aliphatic heterocycles. The lowest BCUT2D eigenvalue weighted by Crippen LogP contribution is -2.49. The van der Waals surface area contributed by atoms with Crippen LogP contribution in [0.2, 0.25) is 0 Å². The summed E-state index contributed by atoms with van der Waals surface area (Å²) in [4.78, 5) is 41.7. The number of hydrogen-bond acceptors (Lipinski definition) is 7. The summed E-state index contributed by atoms with van der Waals surface area (Å²) in [7, 11) is 1.55. The van der Waals surface area contributed by atoms with Gasteiger partial charge < -0.3 is 24.6 Å². The van der Waals surface area contributed by atoms with Gasteiger partial charge in [0.1, 0.15) is 23.3 Å². The van der Waals surface area contributed by atoms with Crippen LogP contribution in [0.1, 0.15) is 57.9 Å². The number of methoxy groups -OCH3 is 1. The maximum atomic E-state index is 13.9. The first-order chi connectivity index (χ1) is 18.5. The van der Waals surface area contributed by atoms with E-state index in [0.29, 0.717) is 35.1 Å². The van der Waals surface area contributed by atoms with Crippen molar-refractivity contribution in [2.24, 2.45) is 0 Å². The summed E-state index contributed by atoms with van der Waals surface area (Å²) in [6.07, 6.45) is -0.299. The van der Waals surface area contributed by atoms with Gasteiger partial charge >= 0.3 is 0 Å². The number of carbonyl (C=O) groups excluding carboxylic acids is 3. The summed E-state index contributed by atoms with van der Waals surface area (Å²) in [6.45, 7) is 9.51. The van der Waals surface area contributed by atoms with Crippen molar-refractivity contribution in [1.82, 2.24) is 10.5 Å². The number of nitrogens with one attached hydrogen (secondary N) is 2. The van der Waals surface area contributed by atoms with Gasteiger partial charge in [-0.2, -0.15) is 0 Å². The van der Waals surface area contributed by atoms with Gasteiger partial charge in [0.15, 0.2) is 5.82 Å². The van der Waals surface area contributed by atoms with Crippen molar-refractivity contribution in [3.05, 3.63) is 65.9 Å². The lowest BCUT2D eigenvalue weighted by atomic mass is 10.00. The van der Waals surface area contributed by atoms with Gasteiger partial charge in [0.2, 0.25) is 17.7 Å². The average molecular weight is 537 g/mol. The summed E-state index contributed by atoms with van der Waals surface area (Å²) in [6, 6.07) is 14.5. The number of aryl methyl sites for hydroxylation is 1. The number of amides is 3. The molecule has 0 unspecified atom stereocenters. The molecule has 0 aliphatic rings. The van der Waals surface area contributed by atoms with E-state index in [0.717, 1.165) is 0 Å². The number of anilines is 2. The van der Waals surface area contributed by atoms with Crippen LogP contribution in [0.25, 0.3) is 0 Å². The van der Waals surface area contributed by atoms with E-state index in [4.69, 9.17) is 14.0 Å². The second-order valence-electron chi connectivity index (χ2n) is 9.95. The molecule has 3 aromatic rings. The fraction of sp³-hybridized carbons (Fsp3) is 0.379. The number of rotatable bonds is 11. The third-order valence-corrected chi connectivity index (χ3v) is 5.59. The maximum absolute atomic E-state index is 13.9. The van der Waals surface area contributed by atoms with Gasteiger partial charge in [-0.25, -0.2) is 0 Å². The lowest BCUT2D eigenvalue weighted by Gasteiger charge is -2.34. The zero-order valence-electron chi connectivity index (χ0n) is 23.2. The Hall–Kier alpha value is -4.34. The second-order valence-corrected chi connectivity index (χ2v) is 9.95. The number of carbonyl (C=O) groups is 3. The first-order valence-corrected chi connectivity index (χ1v) is 12.8. The molecule has 2 aromatic carbocycles. The molecule has 0 radical (unpaired) electrons. The molecule has 0 saturated carbocycles. The van der Waals surface area contributed by atoms with Crippen molar-refractivity contribution in [3.8, 4) is 11.5 Å². The molecule has 1 heterocycles. The Morgan fingerprint density at radius 3 is 2.33 bits per heavy atom. The predicted octanol–water partition coefficient (Wildman–Crippen LogP) is 4.80. The molecular weight excluding hydrogens is 500 g/mol. The monoisotopic (exact) mass is 536 g/mol. The largest absolute Gasteiger partial charge is 0.497 e. The molecule has 0 bridgehead atoms. The minimum atomic E-state index is -1.05. The van der Waals surface area contributed by atoms with Crippen LogP contribution < -0.4 is 25.0 Å². The quantitative estimate of drug-likeness (QED) is 0.361. The molecule has 208 valence electrons. The van der Waals surface area contributed by atoms with E-state index in [9.17, 15) is 14.4 Å². The number of ether oxygens (including phenoxy) is 2. The zero-order chi connectivity index (χ0) is 28.6. The molecule has 0 fully saturated rings. The Bertz CT molecular complexity index is 1280. The van der Waals surface area contributed by atoms with E-state index < -0.39 is 23.4 Å². The maximum Gasteiger partial charge on any atom is 0.248 e. The normalized spacial score (nSPS) is 11.8. The van der Waals surface area contributed by atoms with Gasteiger partial charge in [0.25, 0.3) is 0 Å². The predicted molar refractivity (Wildman–Crippen MR) is 148 cm³/mol. The van der Waals surface area contributed by atoms with E-state index in [-0.39, 0.29) is 24.6 Å². The Balaban J connectivity index is 2.02. The topological polar surface area (TPSA) is 123 Å². The molecule has 10 nitrogen and oxygen atoms in total. The molecule has 0 aliphatic carbocycles. The van der Waals surface area contributed by atoms with Crippen LogP contribution >= 0.6 is 0 Å². The van der Waals surface area contributed by atoms with E-state index in [1.165, 1.54) is 4.90 Å². The first kappa shape index (κ1) is 29.2. The van der Waals surface area contributed by atoms with Gasteiger partial charge in [-0.15, -0.1) is 0 Å². The van der Waals surface area contributed by atoms with Crippen molar-refractivity contribution in [2.45, 2.75) is 59.0 Å². The molecule has 3 amide bonds. The third kappa shape index (κ3) is 8.07. The van der Waals surface area contributed by atoms with Crippen LogP contribution in [0.3, 0.4) is 0 Å². The van der Waals surface area contributed by atoms with E-state index >= 15 is 0 Å². The van der Waals surface area contributed by atoms with Crippen molar-refractivity contribution < 1.29 is 28.4 Å². The smallest absolute Gasteiger partial charge is 0.248 e. The Morgan fingerprint density at radius 2 is 1.74 bits per heavy atom. The number of benzene rings is 2. The van der Waals surface area contributed by atoms with Gasteiger partial charge in [-0.3, -0.25) is 19.3 Å². The van der Waals surface area contributed by atoms with Crippen molar-refractivity contribution >= 4 is 29.2 Å². The highest BCUT2D eigenvalue weighted by Gasteiger charge is 2.36. The van der Waals surface area contributed by atoms with E-state index in [1.54, 1.807) is 68.6 Å². The highest BCUT2D eigenvalue weighted by atomic mass is 16.5. The minimum Gasteiger partial charge on any atom is -0.497 e. The Labute approximate surface area is 228 Å². The molecular formula is C29H36N4O6. The number of hydrogen-bond donors (Lipinski definition) is 2.